The van der Waals surface area contributed by atoms with Crippen LogP contribution in [0.15, 0.2) is 24.3 Å². The normalized spacial score (nSPS) is 10.8. The third-order valence-electron chi connectivity index (χ3n) is 2.90. The number of benzene rings is 1. The maximum Gasteiger partial charge on any atom is 0.255 e. The molecule has 0 spiro atoms. The molecule has 0 radical (unpaired) electrons. The third kappa shape index (κ3) is 9.05. The molecule has 5 heteroatoms. The summed E-state index contributed by atoms with van der Waals surface area (Å²) in [5, 5.41) is 3.32. The summed E-state index contributed by atoms with van der Waals surface area (Å²) < 4.78 is 10.7. The van der Waals surface area contributed by atoms with Crippen LogP contribution < -0.4 is 15.8 Å². The van der Waals surface area contributed by atoms with Crippen LogP contribution in [0.4, 0.5) is 0 Å². The molecule has 0 unspecified atom stereocenters. The Labute approximate surface area is 126 Å². The van der Waals surface area contributed by atoms with Crippen molar-refractivity contribution in [1.82, 2.24) is 5.32 Å². The summed E-state index contributed by atoms with van der Waals surface area (Å²) in [6.45, 7) is 7.46. The molecule has 118 valence electrons. The van der Waals surface area contributed by atoms with Crippen LogP contribution >= 0.6 is 0 Å². The van der Waals surface area contributed by atoms with Crippen LogP contribution in [-0.4, -0.2) is 32.3 Å². The van der Waals surface area contributed by atoms with Crippen LogP contribution in [0, 0.1) is 5.92 Å². The van der Waals surface area contributed by atoms with E-state index in [4.69, 9.17) is 15.2 Å². The van der Waals surface area contributed by atoms with Gasteiger partial charge in [-0.15, -0.1) is 0 Å². The fourth-order valence-electron chi connectivity index (χ4n) is 1.66. The van der Waals surface area contributed by atoms with Gasteiger partial charge < -0.3 is 20.5 Å². The fraction of sp³-hybridized carbons (Fsp3) is 0.562. The van der Waals surface area contributed by atoms with Crippen molar-refractivity contribution < 1.29 is 14.3 Å². The van der Waals surface area contributed by atoms with Crippen LogP contribution in [0.25, 0.3) is 0 Å². The summed E-state index contributed by atoms with van der Waals surface area (Å²) in [5.41, 5.74) is 6.17. The Morgan fingerprint density at radius 1 is 1.24 bits per heavy atom. The van der Waals surface area contributed by atoms with Crippen molar-refractivity contribution in [3.05, 3.63) is 29.8 Å². The average molecular weight is 294 g/mol. The average Bonchev–Trinajstić information content (AvgIpc) is 2.45. The number of carbonyl (C=O) groups is 1. The number of rotatable bonds is 11. The summed E-state index contributed by atoms with van der Waals surface area (Å²) in [6.07, 6.45) is 1.10. The number of ether oxygens (including phenoxy) is 2. The van der Waals surface area contributed by atoms with Crippen molar-refractivity contribution in [2.75, 3.05) is 26.4 Å². The summed E-state index contributed by atoms with van der Waals surface area (Å²) in [5.74, 6) is 0.862. The molecule has 1 amide bonds. The number of carbonyl (C=O) groups excluding carboxylic acids is 1. The van der Waals surface area contributed by atoms with E-state index in [1.165, 1.54) is 0 Å². The van der Waals surface area contributed by atoms with E-state index in [0.717, 1.165) is 38.3 Å². The van der Waals surface area contributed by atoms with E-state index in [9.17, 15) is 4.79 Å². The van der Waals surface area contributed by atoms with E-state index >= 15 is 0 Å². The molecule has 0 heterocycles. The van der Waals surface area contributed by atoms with Gasteiger partial charge in [-0.25, -0.2) is 0 Å². The van der Waals surface area contributed by atoms with Crippen LogP contribution in [0.3, 0.4) is 0 Å². The Hall–Kier alpha value is -1.59. The zero-order valence-electron chi connectivity index (χ0n) is 12.9. The highest BCUT2D eigenvalue weighted by molar-refractivity contribution is 5.75. The van der Waals surface area contributed by atoms with E-state index in [-0.39, 0.29) is 6.61 Å². The molecule has 0 atom stereocenters. The van der Waals surface area contributed by atoms with Gasteiger partial charge in [0, 0.05) is 19.7 Å². The van der Waals surface area contributed by atoms with E-state index in [2.05, 4.69) is 19.2 Å². The van der Waals surface area contributed by atoms with Gasteiger partial charge >= 0.3 is 0 Å². The number of nitrogens with one attached hydrogen (secondary N) is 1. The second kappa shape index (κ2) is 10.2. The maximum atomic E-state index is 10.6. The lowest BCUT2D eigenvalue weighted by Crippen LogP contribution is -2.20. The van der Waals surface area contributed by atoms with Crippen molar-refractivity contribution in [3.8, 4) is 5.75 Å². The fourth-order valence-corrected chi connectivity index (χ4v) is 1.66. The summed E-state index contributed by atoms with van der Waals surface area (Å²) >= 11 is 0. The topological polar surface area (TPSA) is 73.6 Å². The Morgan fingerprint density at radius 2 is 1.95 bits per heavy atom. The summed E-state index contributed by atoms with van der Waals surface area (Å²) in [6, 6.07) is 7.59. The lowest BCUT2D eigenvalue weighted by molar-refractivity contribution is -0.119. The first-order valence-electron chi connectivity index (χ1n) is 7.36. The largest absolute Gasteiger partial charge is 0.484 e. The molecule has 0 aliphatic rings. The van der Waals surface area contributed by atoms with Gasteiger partial charge in [0.05, 0.1) is 6.61 Å². The van der Waals surface area contributed by atoms with Gasteiger partial charge in [0.15, 0.2) is 6.61 Å². The molecular formula is C16H26N2O3. The predicted octanol–water partition coefficient (Wildman–Crippen LogP) is 1.70. The first-order valence-corrected chi connectivity index (χ1v) is 7.36. The quantitative estimate of drug-likeness (QED) is 0.609. The Morgan fingerprint density at radius 3 is 2.57 bits per heavy atom. The molecule has 0 saturated heterocycles. The van der Waals surface area contributed by atoms with Gasteiger partial charge in [-0.2, -0.15) is 0 Å². The number of nitrogens with two attached hydrogens (primary N) is 1. The minimum atomic E-state index is -0.474. The second-order valence-electron chi connectivity index (χ2n) is 5.37. The van der Waals surface area contributed by atoms with Crippen molar-refractivity contribution in [2.45, 2.75) is 26.8 Å². The maximum absolute atomic E-state index is 10.6. The molecule has 1 aromatic carbocycles. The molecule has 0 aliphatic carbocycles. The van der Waals surface area contributed by atoms with Crippen molar-refractivity contribution >= 4 is 5.91 Å². The Kier molecular flexibility index (Phi) is 8.47. The minimum Gasteiger partial charge on any atom is -0.484 e. The molecule has 1 rings (SSSR count). The van der Waals surface area contributed by atoms with Crippen LogP contribution in [0.2, 0.25) is 0 Å². The lowest BCUT2D eigenvalue weighted by Gasteiger charge is -2.08. The van der Waals surface area contributed by atoms with Crippen molar-refractivity contribution in [1.29, 1.82) is 0 Å². The van der Waals surface area contributed by atoms with E-state index in [1.54, 1.807) is 0 Å². The number of primary amides is 1. The summed E-state index contributed by atoms with van der Waals surface area (Å²) in [4.78, 5) is 10.6. The van der Waals surface area contributed by atoms with Gasteiger partial charge in [-0.05, 0) is 30.0 Å². The second-order valence-corrected chi connectivity index (χ2v) is 5.37. The smallest absolute Gasteiger partial charge is 0.255 e. The number of hydrogen-bond acceptors (Lipinski definition) is 4. The molecule has 1 aromatic rings. The van der Waals surface area contributed by atoms with Crippen LogP contribution in [0.1, 0.15) is 25.8 Å². The molecule has 5 nitrogen and oxygen atoms in total. The van der Waals surface area contributed by atoms with E-state index < -0.39 is 5.91 Å². The minimum absolute atomic E-state index is 0.0920. The molecule has 0 fully saturated rings. The van der Waals surface area contributed by atoms with Gasteiger partial charge in [0.2, 0.25) is 0 Å². The zero-order chi connectivity index (χ0) is 15.5. The molecule has 0 aliphatic heterocycles. The molecule has 3 N–H and O–H groups in total. The van der Waals surface area contributed by atoms with Crippen LogP contribution in [-0.2, 0) is 16.1 Å². The lowest BCUT2D eigenvalue weighted by atomic mass is 10.1. The van der Waals surface area contributed by atoms with Crippen molar-refractivity contribution in [2.24, 2.45) is 11.7 Å². The Bertz CT molecular complexity index is 404. The molecule has 0 bridgehead atoms. The highest BCUT2D eigenvalue weighted by Gasteiger charge is 1.98. The highest BCUT2D eigenvalue weighted by atomic mass is 16.5. The first-order chi connectivity index (χ1) is 10.1. The predicted molar refractivity (Wildman–Crippen MR) is 83.1 cm³/mol. The van der Waals surface area contributed by atoms with Gasteiger partial charge in [-0.1, -0.05) is 26.0 Å². The molecule has 0 aromatic heterocycles. The van der Waals surface area contributed by atoms with Crippen molar-refractivity contribution in [3.63, 3.8) is 0 Å². The van der Waals surface area contributed by atoms with Gasteiger partial charge in [0.25, 0.3) is 5.91 Å². The summed E-state index contributed by atoms with van der Waals surface area (Å²) in [7, 11) is 0. The SMILES string of the molecule is CC(C)CCOCCNCc1ccc(OCC(N)=O)cc1. The van der Waals surface area contributed by atoms with E-state index in [1.807, 2.05) is 24.3 Å². The molecule has 0 saturated carbocycles. The standard InChI is InChI=1S/C16H26N2O3/c1-13(2)7-9-20-10-8-18-11-14-3-5-15(6-4-14)21-12-16(17)19/h3-6,13,18H,7-12H2,1-2H3,(H2,17,19). The van der Waals surface area contributed by atoms with Gasteiger partial charge in [-0.3, -0.25) is 4.79 Å². The number of amides is 1. The molecular weight excluding hydrogens is 268 g/mol. The zero-order valence-corrected chi connectivity index (χ0v) is 12.9. The number of hydrogen-bond donors (Lipinski definition) is 2. The first kappa shape index (κ1) is 17.5. The Balaban J connectivity index is 2.11. The third-order valence-corrected chi connectivity index (χ3v) is 2.90. The monoisotopic (exact) mass is 294 g/mol. The van der Waals surface area contributed by atoms with Gasteiger partial charge in [0.1, 0.15) is 5.75 Å². The van der Waals surface area contributed by atoms with E-state index in [0.29, 0.717) is 11.7 Å². The highest BCUT2D eigenvalue weighted by Crippen LogP contribution is 2.11. The molecule has 21 heavy (non-hydrogen) atoms. The van der Waals surface area contributed by atoms with Crippen LogP contribution in [0.5, 0.6) is 5.75 Å².